The van der Waals surface area contributed by atoms with Crippen molar-refractivity contribution < 1.29 is 0 Å². The second kappa shape index (κ2) is 14.6. The molecule has 0 saturated carbocycles. The molecular formula is C32H57N. The van der Waals surface area contributed by atoms with Crippen LogP contribution in [-0.4, -0.2) is 24.0 Å². The molecule has 2 rings (SSSR count). The molecular weight excluding hydrogens is 398 g/mol. The minimum absolute atomic E-state index is 0.266. The molecule has 190 valence electrons. The maximum Gasteiger partial charge on any atom is 0.00671 e. The lowest BCUT2D eigenvalue weighted by Gasteiger charge is -2.26. The van der Waals surface area contributed by atoms with Gasteiger partial charge in [0, 0.05) is 12.6 Å². The van der Waals surface area contributed by atoms with E-state index in [4.69, 9.17) is 0 Å². The molecule has 1 aliphatic heterocycles. The molecule has 1 aliphatic rings. The fourth-order valence-electron chi connectivity index (χ4n) is 5.42. The van der Waals surface area contributed by atoms with E-state index in [9.17, 15) is 0 Å². The Labute approximate surface area is 208 Å². The van der Waals surface area contributed by atoms with Crippen LogP contribution < -0.4 is 0 Å². The van der Waals surface area contributed by atoms with Crippen molar-refractivity contribution in [2.24, 2.45) is 5.41 Å². The van der Waals surface area contributed by atoms with Crippen molar-refractivity contribution in [1.82, 2.24) is 4.90 Å². The van der Waals surface area contributed by atoms with E-state index in [2.05, 4.69) is 70.7 Å². The van der Waals surface area contributed by atoms with Gasteiger partial charge in [0.2, 0.25) is 0 Å². The maximum absolute atomic E-state index is 2.73. The van der Waals surface area contributed by atoms with E-state index in [0.717, 1.165) is 6.04 Å². The van der Waals surface area contributed by atoms with E-state index < -0.39 is 0 Å². The van der Waals surface area contributed by atoms with Gasteiger partial charge in [-0.1, -0.05) is 130 Å². The summed E-state index contributed by atoms with van der Waals surface area (Å²) >= 11 is 0. The average molecular weight is 456 g/mol. The molecule has 1 unspecified atom stereocenters. The number of nitrogens with zero attached hydrogens (tertiary/aromatic N) is 1. The molecule has 1 heterocycles. The predicted molar refractivity (Wildman–Crippen MR) is 148 cm³/mol. The van der Waals surface area contributed by atoms with Crippen LogP contribution in [0.25, 0.3) is 0 Å². The van der Waals surface area contributed by atoms with E-state index >= 15 is 0 Å². The highest BCUT2D eigenvalue weighted by Gasteiger charge is 2.31. The summed E-state index contributed by atoms with van der Waals surface area (Å²) in [6.45, 7) is 16.8. The molecule has 33 heavy (non-hydrogen) atoms. The minimum atomic E-state index is 0.266. The first-order valence-corrected chi connectivity index (χ1v) is 14.5. The Morgan fingerprint density at radius 2 is 1.24 bits per heavy atom. The van der Waals surface area contributed by atoms with Crippen LogP contribution in [-0.2, 0) is 11.8 Å². The number of benzene rings is 1. The Morgan fingerprint density at radius 3 is 1.70 bits per heavy atom. The largest absolute Gasteiger partial charge is 0.300 e. The monoisotopic (exact) mass is 455 g/mol. The van der Waals surface area contributed by atoms with Crippen LogP contribution in [0.1, 0.15) is 143 Å². The summed E-state index contributed by atoms with van der Waals surface area (Å²) < 4.78 is 0. The topological polar surface area (TPSA) is 3.24 Å². The summed E-state index contributed by atoms with van der Waals surface area (Å²) in [7, 11) is 0. The fourth-order valence-corrected chi connectivity index (χ4v) is 5.42. The summed E-state index contributed by atoms with van der Waals surface area (Å²) in [5.74, 6) is 0. The summed E-state index contributed by atoms with van der Waals surface area (Å²) in [4.78, 5) is 2.73. The van der Waals surface area contributed by atoms with Crippen LogP contribution in [0.15, 0.2) is 24.3 Å². The Hall–Kier alpha value is -0.820. The summed E-state index contributed by atoms with van der Waals surface area (Å²) in [6, 6.07) is 10.1. The molecule has 0 N–H and O–H groups in total. The third-order valence-electron chi connectivity index (χ3n) is 7.99. The van der Waals surface area contributed by atoms with Gasteiger partial charge in [0.05, 0.1) is 0 Å². The van der Waals surface area contributed by atoms with E-state index in [1.54, 1.807) is 0 Å². The highest BCUT2D eigenvalue weighted by Crippen LogP contribution is 2.31. The number of hydrogen-bond donors (Lipinski definition) is 0. The maximum atomic E-state index is 2.73. The molecule has 1 aromatic carbocycles. The van der Waals surface area contributed by atoms with Crippen molar-refractivity contribution in [2.75, 3.05) is 13.1 Å². The van der Waals surface area contributed by atoms with Crippen molar-refractivity contribution in [3.8, 4) is 0 Å². The van der Waals surface area contributed by atoms with Crippen LogP contribution in [0, 0.1) is 5.41 Å². The van der Waals surface area contributed by atoms with Gasteiger partial charge in [-0.05, 0) is 61.1 Å². The van der Waals surface area contributed by atoms with Gasteiger partial charge in [-0.2, -0.15) is 0 Å². The highest BCUT2D eigenvalue weighted by molar-refractivity contribution is 5.27. The molecule has 0 spiro atoms. The molecule has 0 radical (unpaired) electrons. The van der Waals surface area contributed by atoms with Crippen LogP contribution in [0.4, 0.5) is 0 Å². The van der Waals surface area contributed by atoms with Crippen LogP contribution in [0.5, 0.6) is 0 Å². The molecule has 1 aromatic rings. The molecule has 1 nitrogen and oxygen atoms in total. The van der Waals surface area contributed by atoms with Gasteiger partial charge in [0.1, 0.15) is 0 Å². The Balaban J connectivity index is 1.33. The molecule has 0 bridgehead atoms. The number of likely N-dealkylation sites (tertiary alicyclic amines) is 1. The Morgan fingerprint density at radius 1 is 0.758 bits per heavy atom. The molecule has 1 saturated heterocycles. The number of unbranched alkanes of at least 4 members (excludes halogenated alkanes) is 11. The van der Waals surface area contributed by atoms with E-state index in [1.165, 1.54) is 121 Å². The van der Waals surface area contributed by atoms with Gasteiger partial charge in [-0.15, -0.1) is 0 Å². The summed E-state index contributed by atoms with van der Waals surface area (Å²) in [6.07, 6.45) is 21.2. The molecule has 0 aliphatic carbocycles. The number of hydrogen-bond acceptors (Lipinski definition) is 1. The first kappa shape index (κ1) is 28.4. The van der Waals surface area contributed by atoms with Crippen LogP contribution >= 0.6 is 0 Å². The van der Waals surface area contributed by atoms with Gasteiger partial charge < -0.3 is 4.90 Å². The predicted octanol–water partition coefficient (Wildman–Crippen LogP) is 9.72. The number of rotatable bonds is 16. The van der Waals surface area contributed by atoms with Crippen molar-refractivity contribution >= 4 is 0 Å². The SMILES string of the molecule is CC(CCCCCCCCCCCCCCc1ccc(C(C)(C)C)cc1)N1CCC(C)(C)C1. The molecule has 0 aromatic heterocycles. The van der Waals surface area contributed by atoms with Gasteiger partial charge in [-0.3, -0.25) is 0 Å². The summed E-state index contributed by atoms with van der Waals surface area (Å²) in [5, 5.41) is 0. The first-order chi connectivity index (χ1) is 15.7. The van der Waals surface area contributed by atoms with E-state index in [-0.39, 0.29) is 5.41 Å². The zero-order valence-corrected chi connectivity index (χ0v) is 23.4. The van der Waals surface area contributed by atoms with Crippen LogP contribution in [0.3, 0.4) is 0 Å². The fraction of sp³-hybridized carbons (Fsp3) is 0.812. The third kappa shape index (κ3) is 11.9. The molecule has 1 atom stereocenters. The van der Waals surface area contributed by atoms with Gasteiger partial charge in [0.25, 0.3) is 0 Å². The Kier molecular flexibility index (Phi) is 12.5. The quantitative estimate of drug-likeness (QED) is 0.224. The lowest BCUT2D eigenvalue weighted by Crippen LogP contribution is -2.32. The van der Waals surface area contributed by atoms with Gasteiger partial charge in [0.15, 0.2) is 0 Å². The zero-order valence-electron chi connectivity index (χ0n) is 23.4. The van der Waals surface area contributed by atoms with Crippen molar-refractivity contribution in [3.05, 3.63) is 35.4 Å². The molecule has 0 amide bonds. The smallest absolute Gasteiger partial charge is 0.00671 e. The third-order valence-corrected chi connectivity index (χ3v) is 7.99. The standard InChI is InChI=1S/C32H57N/c1-28(33-26-25-32(5,6)27-33)19-17-15-13-11-9-7-8-10-12-14-16-18-20-29-21-23-30(24-22-29)31(2,3)4/h21-24,28H,7-20,25-27H2,1-6H3. The van der Waals surface area contributed by atoms with Crippen molar-refractivity contribution in [1.29, 1.82) is 0 Å². The van der Waals surface area contributed by atoms with E-state index in [0.29, 0.717) is 5.41 Å². The van der Waals surface area contributed by atoms with Gasteiger partial charge >= 0.3 is 0 Å². The average Bonchev–Trinajstić information content (AvgIpc) is 3.13. The normalized spacial score (nSPS) is 17.5. The minimum Gasteiger partial charge on any atom is -0.300 e. The zero-order chi connectivity index (χ0) is 24.2. The Bertz CT molecular complexity index is 621. The van der Waals surface area contributed by atoms with Crippen molar-refractivity contribution in [2.45, 2.75) is 149 Å². The lowest BCUT2D eigenvalue weighted by atomic mass is 9.86. The second-order valence-corrected chi connectivity index (χ2v) is 13.0. The van der Waals surface area contributed by atoms with Crippen molar-refractivity contribution in [3.63, 3.8) is 0 Å². The van der Waals surface area contributed by atoms with Crippen LogP contribution in [0.2, 0.25) is 0 Å². The van der Waals surface area contributed by atoms with E-state index in [1.807, 2.05) is 0 Å². The second-order valence-electron chi connectivity index (χ2n) is 13.0. The lowest BCUT2D eigenvalue weighted by molar-refractivity contribution is 0.217. The highest BCUT2D eigenvalue weighted by atomic mass is 15.2. The summed E-state index contributed by atoms with van der Waals surface area (Å²) in [5.41, 5.74) is 3.77. The first-order valence-electron chi connectivity index (χ1n) is 14.5. The molecule has 1 fully saturated rings. The number of aryl methyl sites for hydroxylation is 1. The molecule has 1 heteroatoms. The van der Waals surface area contributed by atoms with Gasteiger partial charge in [-0.25, -0.2) is 0 Å².